The topological polar surface area (TPSA) is 40.6 Å². The highest BCUT2D eigenvalue weighted by atomic mass is 32.1. The maximum absolute atomic E-state index is 13.0. The smallest absolute Gasteiger partial charge is 0.263 e. The van der Waals surface area contributed by atoms with Crippen molar-refractivity contribution >= 4 is 33.9 Å². The van der Waals surface area contributed by atoms with Crippen LogP contribution in [0.2, 0.25) is 0 Å². The number of fused-ring (bicyclic) bond motifs is 1. The van der Waals surface area contributed by atoms with E-state index in [1.165, 1.54) is 22.1 Å². The number of carbonyl (C=O) groups excluding carboxylic acids is 2. The minimum atomic E-state index is -0.122. The molecule has 144 valence electrons. The monoisotopic (exact) mass is 392 g/mol. The van der Waals surface area contributed by atoms with E-state index in [4.69, 9.17) is 0 Å². The van der Waals surface area contributed by atoms with Crippen molar-refractivity contribution in [2.45, 2.75) is 19.4 Å². The number of hydrogen-bond acceptors (Lipinski definition) is 3. The molecule has 0 aliphatic carbocycles. The standard InChI is InChI=1S/C23H24N2O2S/c1-24(15-17-10-11-18-6-2-3-7-19(18)14-17)22(26)20-8-4-12-25(16-20)23(27)21-9-5-13-28-21/h2-3,5-7,9-11,13-14,20H,4,8,12,15-16H2,1H3. The van der Waals surface area contributed by atoms with Crippen molar-refractivity contribution < 1.29 is 9.59 Å². The normalized spacial score (nSPS) is 16.9. The van der Waals surface area contributed by atoms with Crippen molar-refractivity contribution in [3.63, 3.8) is 0 Å². The summed E-state index contributed by atoms with van der Waals surface area (Å²) in [6.45, 7) is 1.82. The number of rotatable bonds is 4. The molecule has 2 aromatic carbocycles. The van der Waals surface area contributed by atoms with Gasteiger partial charge in [-0.05, 0) is 46.7 Å². The summed E-state index contributed by atoms with van der Waals surface area (Å²) in [7, 11) is 1.86. The highest BCUT2D eigenvalue weighted by Gasteiger charge is 2.30. The summed E-state index contributed by atoms with van der Waals surface area (Å²) in [6.07, 6.45) is 1.71. The lowest BCUT2D eigenvalue weighted by Crippen LogP contribution is -2.45. The second-order valence-corrected chi connectivity index (χ2v) is 8.39. The second kappa shape index (κ2) is 8.15. The molecule has 28 heavy (non-hydrogen) atoms. The van der Waals surface area contributed by atoms with Crippen molar-refractivity contribution in [3.05, 3.63) is 70.4 Å². The molecule has 4 nitrogen and oxygen atoms in total. The van der Waals surface area contributed by atoms with Gasteiger partial charge in [0.2, 0.25) is 5.91 Å². The van der Waals surface area contributed by atoms with Gasteiger partial charge in [-0.15, -0.1) is 11.3 Å². The maximum atomic E-state index is 13.0. The van der Waals surface area contributed by atoms with Gasteiger partial charge in [0.1, 0.15) is 0 Å². The van der Waals surface area contributed by atoms with Gasteiger partial charge in [0.15, 0.2) is 0 Å². The van der Waals surface area contributed by atoms with E-state index in [0.29, 0.717) is 13.1 Å². The summed E-state index contributed by atoms with van der Waals surface area (Å²) >= 11 is 1.46. The Morgan fingerprint density at radius 2 is 1.93 bits per heavy atom. The zero-order chi connectivity index (χ0) is 19.5. The molecule has 3 aromatic rings. The van der Waals surface area contributed by atoms with Gasteiger partial charge < -0.3 is 9.80 Å². The quantitative estimate of drug-likeness (QED) is 0.660. The van der Waals surface area contributed by atoms with Crippen LogP contribution in [0.1, 0.15) is 28.1 Å². The van der Waals surface area contributed by atoms with Crippen LogP contribution in [0.25, 0.3) is 10.8 Å². The van der Waals surface area contributed by atoms with Gasteiger partial charge in [-0.1, -0.05) is 42.5 Å². The van der Waals surface area contributed by atoms with Crippen molar-refractivity contribution in [2.75, 3.05) is 20.1 Å². The fourth-order valence-electron chi connectivity index (χ4n) is 3.92. The molecule has 0 bridgehead atoms. The Kier molecular flexibility index (Phi) is 5.44. The first-order chi connectivity index (χ1) is 13.6. The summed E-state index contributed by atoms with van der Waals surface area (Å²) in [4.78, 5) is 30.0. The molecular formula is C23H24N2O2S. The van der Waals surface area contributed by atoms with Crippen LogP contribution in [0, 0.1) is 5.92 Å². The fraction of sp³-hybridized carbons (Fsp3) is 0.304. The number of likely N-dealkylation sites (tertiary alicyclic amines) is 1. The molecule has 0 saturated carbocycles. The van der Waals surface area contributed by atoms with Crippen LogP contribution in [0.15, 0.2) is 60.0 Å². The van der Waals surface area contributed by atoms with Crippen LogP contribution in [0.3, 0.4) is 0 Å². The third-order valence-electron chi connectivity index (χ3n) is 5.40. The molecule has 2 amide bonds. The van der Waals surface area contributed by atoms with E-state index < -0.39 is 0 Å². The number of thiophene rings is 1. The molecule has 1 aromatic heterocycles. The third-order valence-corrected chi connectivity index (χ3v) is 6.26. The molecule has 4 rings (SSSR count). The average molecular weight is 393 g/mol. The van der Waals surface area contributed by atoms with Crippen molar-refractivity contribution in [1.82, 2.24) is 9.80 Å². The molecule has 5 heteroatoms. The summed E-state index contributed by atoms with van der Waals surface area (Å²) in [5.74, 6) is 0.0460. The Balaban J connectivity index is 1.41. The van der Waals surface area contributed by atoms with Crippen LogP contribution < -0.4 is 0 Å². The Morgan fingerprint density at radius 3 is 2.71 bits per heavy atom. The molecular weight excluding hydrogens is 368 g/mol. The van der Waals surface area contributed by atoms with Gasteiger partial charge in [-0.25, -0.2) is 0 Å². The summed E-state index contributed by atoms with van der Waals surface area (Å²) < 4.78 is 0. The second-order valence-electron chi connectivity index (χ2n) is 7.44. The van der Waals surface area contributed by atoms with E-state index >= 15 is 0 Å². The first-order valence-electron chi connectivity index (χ1n) is 9.67. The van der Waals surface area contributed by atoms with E-state index in [1.807, 2.05) is 41.6 Å². The summed E-state index contributed by atoms with van der Waals surface area (Å²) in [5, 5.41) is 4.30. The van der Waals surface area contributed by atoms with Crippen molar-refractivity contribution in [1.29, 1.82) is 0 Å². The Bertz CT molecular complexity index is 983. The van der Waals surface area contributed by atoms with E-state index in [9.17, 15) is 9.59 Å². The lowest BCUT2D eigenvalue weighted by molar-refractivity contribution is -0.136. The first kappa shape index (κ1) is 18.7. The summed E-state index contributed by atoms with van der Waals surface area (Å²) in [5.41, 5.74) is 1.12. The largest absolute Gasteiger partial charge is 0.341 e. The van der Waals surface area contributed by atoms with E-state index in [0.717, 1.165) is 29.8 Å². The molecule has 1 saturated heterocycles. The number of amides is 2. The van der Waals surface area contributed by atoms with E-state index in [2.05, 4.69) is 30.3 Å². The highest BCUT2D eigenvalue weighted by molar-refractivity contribution is 7.12. The predicted molar refractivity (Wildman–Crippen MR) is 113 cm³/mol. The van der Waals surface area contributed by atoms with Crippen LogP contribution in [-0.4, -0.2) is 41.8 Å². The summed E-state index contributed by atoms with van der Waals surface area (Å²) in [6, 6.07) is 18.3. The maximum Gasteiger partial charge on any atom is 0.263 e. The van der Waals surface area contributed by atoms with Crippen LogP contribution in [0.5, 0.6) is 0 Å². The van der Waals surface area contributed by atoms with E-state index in [1.54, 1.807) is 4.90 Å². The number of benzene rings is 2. The predicted octanol–water partition coefficient (Wildman–Crippen LogP) is 4.41. The number of hydrogen-bond donors (Lipinski definition) is 0. The van der Waals surface area contributed by atoms with E-state index in [-0.39, 0.29) is 17.7 Å². The Morgan fingerprint density at radius 1 is 1.11 bits per heavy atom. The van der Waals surface area contributed by atoms with Crippen LogP contribution in [0.4, 0.5) is 0 Å². The first-order valence-corrected chi connectivity index (χ1v) is 10.6. The molecule has 1 aliphatic heterocycles. The SMILES string of the molecule is CN(Cc1ccc2ccccc2c1)C(=O)C1CCCN(C(=O)c2cccs2)C1. The molecule has 1 unspecified atom stereocenters. The lowest BCUT2D eigenvalue weighted by atomic mass is 9.96. The minimum Gasteiger partial charge on any atom is -0.341 e. The molecule has 2 heterocycles. The third kappa shape index (κ3) is 3.94. The molecule has 1 aliphatic rings. The number of carbonyl (C=O) groups is 2. The Hall–Kier alpha value is -2.66. The molecule has 0 N–H and O–H groups in total. The number of nitrogens with zero attached hydrogens (tertiary/aromatic N) is 2. The molecule has 1 atom stereocenters. The van der Waals surface area contributed by atoms with Crippen molar-refractivity contribution in [3.8, 4) is 0 Å². The van der Waals surface area contributed by atoms with Gasteiger partial charge in [-0.2, -0.15) is 0 Å². The zero-order valence-electron chi connectivity index (χ0n) is 16.0. The van der Waals surface area contributed by atoms with Gasteiger partial charge in [0.25, 0.3) is 5.91 Å². The minimum absolute atomic E-state index is 0.0460. The van der Waals surface area contributed by atoms with Gasteiger partial charge in [0, 0.05) is 26.7 Å². The Labute approximate surface area is 169 Å². The average Bonchev–Trinajstić information content (AvgIpc) is 3.27. The highest BCUT2D eigenvalue weighted by Crippen LogP contribution is 2.23. The molecule has 0 radical (unpaired) electrons. The number of piperidine rings is 1. The fourth-order valence-corrected chi connectivity index (χ4v) is 4.61. The molecule has 0 spiro atoms. The van der Waals surface area contributed by atoms with Gasteiger partial charge >= 0.3 is 0 Å². The molecule has 1 fully saturated rings. The van der Waals surface area contributed by atoms with Crippen LogP contribution in [-0.2, 0) is 11.3 Å². The van der Waals surface area contributed by atoms with Crippen LogP contribution >= 0.6 is 11.3 Å². The van der Waals surface area contributed by atoms with Gasteiger partial charge in [-0.3, -0.25) is 9.59 Å². The lowest BCUT2D eigenvalue weighted by Gasteiger charge is -2.33. The van der Waals surface area contributed by atoms with Crippen molar-refractivity contribution in [2.24, 2.45) is 5.92 Å². The zero-order valence-corrected chi connectivity index (χ0v) is 16.8. The van der Waals surface area contributed by atoms with Gasteiger partial charge in [0.05, 0.1) is 10.8 Å².